The molecular formula is C17H26N2O2. The van der Waals surface area contributed by atoms with Crippen molar-refractivity contribution in [2.45, 2.75) is 52.3 Å². The molecule has 1 aromatic rings. The summed E-state index contributed by atoms with van der Waals surface area (Å²) in [6, 6.07) is 8.76. The van der Waals surface area contributed by atoms with Crippen molar-refractivity contribution in [3.8, 4) is 0 Å². The molecule has 1 saturated heterocycles. The van der Waals surface area contributed by atoms with Crippen molar-refractivity contribution in [1.82, 2.24) is 10.2 Å². The first kappa shape index (κ1) is 15.8. The van der Waals surface area contributed by atoms with Crippen molar-refractivity contribution in [2.75, 3.05) is 13.1 Å². The van der Waals surface area contributed by atoms with Crippen LogP contribution in [0.2, 0.25) is 0 Å². The Labute approximate surface area is 127 Å². The first-order valence-electron chi connectivity index (χ1n) is 7.59. The Morgan fingerprint density at radius 3 is 2.86 bits per heavy atom. The normalized spacial score (nSPS) is 19.5. The number of alkyl carbamates (subject to hydrolysis) is 1. The molecule has 1 aliphatic heterocycles. The highest BCUT2D eigenvalue weighted by Crippen LogP contribution is 2.15. The van der Waals surface area contributed by atoms with Crippen molar-refractivity contribution >= 4 is 6.09 Å². The van der Waals surface area contributed by atoms with Crippen LogP contribution >= 0.6 is 0 Å². The fraction of sp³-hybridized carbons (Fsp3) is 0.588. The third kappa shape index (κ3) is 5.38. The number of nitrogens with zero attached hydrogens (tertiary/aromatic N) is 1. The van der Waals surface area contributed by atoms with Crippen LogP contribution in [-0.4, -0.2) is 35.7 Å². The lowest BCUT2D eigenvalue weighted by molar-refractivity contribution is 0.0506. The number of benzene rings is 1. The number of hydrogen-bond donors (Lipinski definition) is 1. The van der Waals surface area contributed by atoms with E-state index >= 15 is 0 Å². The van der Waals surface area contributed by atoms with Crippen molar-refractivity contribution < 1.29 is 9.53 Å². The SMILES string of the molecule is Cc1cccc(CN2CC[C@H](NC(=O)OC(C)(C)C)C2)c1. The van der Waals surface area contributed by atoms with E-state index in [0.717, 1.165) is 26.1 Å². The van der Waals surface area contributed by atoms with E-state index in [-0.39, 0.29) is 12.1 Å². The summed E-state index contributed by atoms with van der Waals surface area (Å²) < 4.78 is 5.30. The second-order valence-corrected chi connectivity index (χ2v) is 6.86. The first-order chi connectivity index (χ1) is 9.82. The van der Waals surface area contributed by atoms with Gasteiger partial charge in [-0.25, -0.2) is 4.79 Å². The van der Waals surface area contributed by atoms with Gasteiger partial charge in [-0.15, -0.1) is 0 Å². The number of rotatable bonds is 3. The summed E-state index contributed by atoms with van der Waals surface area (Å²) in [6.45, 7) is 10.6. The highest BCUT2D eigenvalue weighted by molar-refractivity contribution is 5.68. The van der Waals surface area contributed by atoms with Crippen LogP contribution in [0.1, 0.15) is 38.3 Å². The van der Waals surface area contributed by atoms with Crippen molar-refractivity contribution in [3.05, 3.63) is 35.4 Å². The van der Waals surface area contributed by atoms with Gasteiger partial charge in [-0.3, -0.25) is 4.90 Å². The lowest BCUT2D eigenvalue weighted by atomic mass is 10.1. The Morgan fingerprint density at radius 2 is 2.19 bits per heavy atom. The number of likely N-dealkylation sites (tertiary alicyclic amines) is 1. The molecule has 2 rings (SSSR count). The molecule has 21 heavy (non-hydrogen) atoms. The quantitative estimate of drug-likeness (QED) is 0.930. The Kier molecular flexibility index (Phi) is 4.88. The molecule has 0 bridgehead atoms. The summed E-state index contributed by atoms with van der Waals surface area (Å²) in [6.07, 6.45) is 0.662. The zero-order chi connectivity index (χ0) is 15.5. The second kappa shape index (κ2) is 6.48. The summed E-state index contributed by atoms with van der Waals surface area (Å²) in [5.74, 6) is 0. The Morgan fingerprint density at radius 1 is 1.43 bits per heavy atom. The monoisotopic (exact) mass is 290 g/mol. The molecule has 0 unspecified atom stereocenters. The number of carbonyl (C=O) groups is 1. The zero-order valence-corrected chi connectivity index (χ0v) is 13.5. The Balaban J connectivity index is 1.80. The van der Waals surface area contributed by atoms with Gasteiger partial charge in [-0.2, -0.15) is 0 Å². The summed E-state index contributed by atoms with van der Waals surface area (Å²) in [5, 5.41) is 2.96. The molecule has 1 N–H and O–H groups in total. The van der Waals surface area contributed by atoms with E-state index in [4.69, 9.17) is 4.74 Å². The smallest absolute Gasteiger partial charge is 0.407 e. The van der Waals surface area contributed by atoms with Crippen LogP contribution in [0.5, 0.6) is 0 Å². The fourth-order valence-corrected chi connectivity index (χ4v) is 2.64. The summed E-state index contributed by atoms with van der Waals surface area (Å²) in [4.78, 5) is 14.1. The molecule has 1 aromatic carbocycles. The van der Waals surface area contributed by atoms with Gasteiger partial charge in [0.2, 0.25) is 0 Å². The summed E-state index contributed by atoms with van der Waals surface area (Å²) in [7, 11) is 0. The zero-order valence-electron chi connectivity index (χ0n) is 13.5. The Bertz CT molecular complexity index is 494. The molecule has 1 amide bonds. The predicted octanol–water partition coefficient (Wildman–Crippen LogP) is 3.09. The van der Waals surface area contributed by atoms with E-state index in [2.05, 4.69) is 41.4 Å². The number of hydrogen-bond acceptors (Lipinski definition) is 3. The molecule has 1 atom stereocenters. The van der Waals surface area contributed by atoms with Gasteiger partial charge in [0.05, 0.1) is 0 Å². The number of aryl methyl sites for hydroxylation is 1. The second-order valence-electron chi connectivity index (χ2n) is 6.86. The standard InChI is InChI=1S/C17H26N2O2/c1-13-6-5-7-14(10-13)11-19-9-8-15(12-19)18-16(20)21-17(2,3)4/h5-7,10,15H,8-9,11-12H2,1-4H3,(H,18,20)/t15-/m0/s1. The average molecular weight is 290 g/mol. The summed E-state index contributed by atoms with van der Waals surface area (Å²) >= 11 is 0. The molecule has 1 aliphatic rings. The third-order valence-corrected chi connectivity index (χ3v) is 3.48. The van der Waals surface area contributed by atoms with E-state index in [0.29, 0.717) is 0 Å². The van der Waals surface area contributed by atoms with Gasteiger partial charge in [-0.05, 0) is 39.7 Å². The minimum absolute atomic E-state index is 0.185. The molecule has 0 aromatic heterocycles. The number of amides is 1. The lowest BCUT2D eigenvalue weighted by Crippen LogP contribution is -2.40. The molecule has 0 saturated carbocycles. The van der Waals surface area contributed by atoms with Gasteiger partial charge < -0.3 is 10.1 Å². The lowest BCUT2D eigenvalue weighted by Gasteiger charge is -2.22. The molecule has 1 heterocycles. The highest BCUT2D eigenvalue weighted by atomic mass is 16.6. The fourth-order valence-electron chi connectivity index (χ4n) is 2.64. The maximum atomic E-state index is 11.8. The van der Waals surface area contributed by atoms with Gasteiger partial charge in [-0.1, -0.05) is 29.8 Å². The van der Waals surface area contributed by atoms with E-state index < -0.39 is 5.60 Å². The molecule has 0 spiro atoms. The molecule has 1 fully saturated rings. The molecular weight excluding hydrogens is 264 g/mol. The van der Waals surface area contributed by atoms with E-state index in [1.807, 2.05) is 20.8 Å². The molecule has 116 valence electrons. The van der Waals surface area contributed by atoms with Crippen LogP contribution in [0.25, 0.3) is 0 Å². The average Bonchev–Trinajstić information content (AvgIpc) is 2.73. The maximum Gasteiger partial charge on any atom is 0.407 e. The maximum absolute atomic E-state index is 11.8. The van der Waals surface area contributed by atoms with E-state index in [9.17, 15) is 4.79 Å². The van der Waals surface area contributed by atoms with Crippen LogP contribution < -0.4 is 5.32 Å². The van der Waals surface area contributed by atoms with Crippen LogP contribution in [-0.2, 0) is 11.3 Å². The van der Waals surface area contributed by atoms with Crippen LogP contribution in [0.4, 0.5) is 4.79 Å². The van der Waals surface area contributed by atoms with Gasteiger partial charge in [0.25, 0.3) is 0 Å². The van der Waals surface area contributed by atoms with Gasteiger partial charge in [0.15, 0.2) is 0 Å². The minimum atomic E-state index is -0.441. The minimum Gasteiger partial charge on any atom is -0.444 e. The van der Waals surface area contributed by atoms with Crippen molar-refractivity contribution in [2.24, 2.45) is 0 Å². The molecule has 0 radical (unpaired) electrons. The third-order valence-electron chi connectivity index (χ3n) is 3.48. The largest absolute Gasteiger partial charge is 0.444 e. The van der Waals surface area contributed by atoms with Gasteiger partial charge >= 0.3 is 6.09 Å². The Hall–Kier alpha value is -1.55. The van der Waals surface area contributed by atoms with Crippen LogP contribution in [0.15, 0.2) is 24.3 Å². The number of ether oxygens (including phenoxy) is 1. The topological polar surface area (TPSA) is 41.6 Å². The van der Waals surface area contributed by atoms with E-state index in [1.54, 1.807) is 0 Å². The van der Waals surface area contributed by atoms with Gasteiger partial charge in [0.1, 0.15) is 5.60 Å². The first-order valence-corrected chi connectivity index (χ1v) is 7.59. The van der Waals surface area contributed by atoms with Crippen molar-refractivity contribution in [3.63, 3.8) is 0 Å². The molecule has 4 heteroatoms. The predicted molar refractivity (Wildman–Crippen MR) is 84.2 cm³/mol. The van der Waals surface area contributed by atoms with Crippen molar-refractivity contribution in [1.29, 1.82) is 0 Å². The highest BCUT2D eigenvalue weighted by Gasteiger charge is 2.25. The summed E-state index contributed by atoms with van der Waals surface area (Å²) in [5.41, 5.74) is 2.17. The number of nitrogens with one attached hydrogen (secondary N) is 1. The van der Waals surface area contributed by atoms with Gasteiger partial charge in [0, 0.05) is 25.7 Å². The molecule has 0 aliphatic carbocycles. The molecule has 4 nitrogen and oxygen atoms in total. The number of carbonyl (C=O) groups excluding carboxylic acids is 1. The van der Waals surface area contributed by atoms with Crippen LogP contribution in [0.3, 0.4) is 0 Å². The van der Waals surface area contributed by atoms with Crippen LogP contribution in [0, 0.1) is 6.92 Å². The van der Waals surface area contributed by atoms with E-state index in [1.165, 1.54) is 11.1 Å².